The van der Waals surface area contributed by atoms with Crippen LogP contribution in [-0.2, 0) is 6.61 Å². The molecule has 6 nitrogen and oxygen atoms in total. The predicted molar refractivity (Wildman–Crippen MR) is 103 cm³/mol. The summed E-state index contributed by atoms with van der Waals surface area (Å²) in [4.78, 5) is 15.8. The van der Waals surface area contributed by atoms with Crippen molar-refractivity contribution in [2.24, 2.45) is 5.10 Å². The van der Waals surface area contributed by atoms with Gasteiger partial charge in [-0.05, 0) is 35.9 Å². The van der Waals surface area contributed by atoms with Crippen molar-refractivity contribution in [1.29, 1.82) is 0 Å². The van der Waals surface area contributed by atoms with E-state index in [9.17, 15) is 26.7 Å². The molecule has 0 bridgehead atoms. The molecule has 0 radical (unpaired) electrons. The number of carbonyl (C=O) groups excluding carboxylic acids is 1. The number of nitrogens with zero attached hydrogens (tertiary/aromatic N) is 2. The first-order valence-corrected chi connectivity index (χ1v) is 8.88. The maximum Gasteiger partial charge on any atom is 0.272 e. The number of rotatable bonds is 7. The van der Waals surface area contributed by atoms with E-state index in [1.807, 2.05) is 0 Å². The largest absolute Gasteiger partial charge is 0.496 e. The normalized spacial score (nSPS) is 10.9. The van der Waals surface area contributed by atoms with Crippen LogP contribution in [0.15, 0.2) is 47.8 Å². The van der Waals surface area contributed by atoms with Crippen LogP contribution in [0.2, 0.25) is 0 Å². The number of benzene rings is 2. The van der Waals surface area contributed by atoms with Gasteiger partial charge in [-0.15, -0.1) is 0 Å². The minimum absolute atomic E-state index is 0.221. The van der Waals surface area contributed by atoms with Crippen LogP contribution in [0.1, 0.15) is 21.5 Å². The van der Waals surface area contributed by atoms with Crippen molar-refractivity contribution in [2.45, 2.75) is 6.61 Å². The number of ether oxygens (including phenoxy) is 2. The number of carbonyl (C=O) groups is 1. The fourth-order valence-corrected chi connectivity index (χ4v) is 2.58. The Morgan fingerprint density at radius 2 is 1.75 bits per heavy atom. The van der Waals surface area contributed by atoms with E-state index in [1.165, 1.54) is 37.9 Å². The zero-order valence-corrected chi connectivity index (χ0v) is 16.3. The molecule has 1 N–H and O–H groups in total. The zero-order valence-electron chi connectivity index (χ0n) is 16.3. The van der Waals surface area contributed by atoms with Gasteiger partial charge in [0.2, 0.25) is 29.1 Å². The van der Waals surface area contributed by atoms with Gasteiger partial charge in [0.1, 0.15) is 12.4 Å². The van der Waals surface area contributed by atoms with Gasteiger partial charge in [-0.25, -0.2) is 18.6 Å². The molecular weight excluding hydrogens is 437 g/mol. The Labute approximate surface area is 178 Å². The standard InChI is InChI=1S/C21H14F5N3O3/c1-31-14-5-4-11(8-28-29-21(30)12-3-2-6-27-9-12)7-13(14)10-32-20-18(25)16(23)15(22)17(24)19(20)26/h2-9H,10H2,1H3,(H,29,30)/b28-8-. The number of halogens is 5. The first-order chi connectivity index (χ1) is 15.3. The average Bonchev–Trinajstić information content (AvgIpc) is 2.82. The smallest absolute Gasteiger partial charge is 0.272 e. The van der Waals surface area contributed by atoms with E-state index < -0.39 is 47.3 Å². The molecule has 11 heteroatoms. The van der Waals surface area contributed by atoms with E-state index in [2.05, 4.69) is 15.5 Å². The topological polar surface area (TPSA) is 72.8 Å². The Morgan fingerprint density at radius 1 is 1.06 bits per heavy atom. The van der Waals surface area contributed by atoms with Gasteiger partial charge in [-0.1, -0.05) is 0 Å². The van der Waals surface area contributed by atoms with Crippen LogP contribution in [0, 0.1) is 29.1 Å². The molecule has 0 atom stereocenters. The molecule has 2 aromatic carbocycles. The highest BCUT2D eigenvalue weighted by Gasteiger charge is 2.27. The minimum Gasteiger partial charge on any atom is -0.496 e. The van der Waals surface area contributed by atoms with Crippen LogP contribution in [0.5, 0.6) is 11.5 Å². The molecule has 166 valence electrons. The van der Waals surface area contributed by atoms with Crippen molar-refractivity contribution in [3.63, 3.8) is 0 Å². The van der Waals surface area contributed by atoms with Gasteiger partial charge in [0.25, 0.3) is 5.91 Å². The van der Waals surface area contributed by atoms with Crippen LogP contribution in [0.4, 0.5) is 22.0 Å². The Morgan fingerprint density at radius 3 is 2.38 bits per heavy atom. The van der Waals surface area contributed by atoms with Gasteiger partial charge in [0.05, 0.1) is 18.9 Å². The molecule has 0 fully saturated rings. The van der Waals surface area contributed by atoms with E-state index in [0.717, 1.165) is 0 Å². The second-order valence-corrected chi connectivity index (χ2v) is 6.20. The van der Waals surface area contributed by atoms with Crippen molar-refractivity contribution in [2.75, 3.05) is 7.11 Å². The molecule has 0 saturated heterocycles. The SMILES string of the molecule is COc1ccc(/C=N\NC(=O)c2cccnc2)cc1COc1c(F)c(F)c(F)c(F)c1F. The van der Waals surface area contributed by atoms with Crippen LogP contribution < -0.4 is 14.9 Å². The maximum atomic E-state index is 13.8. The van der Waals surface area contributed by atoms with Crippen molar-refractivity contribution < 1.29 is 36.2 Å². The number of nitrogens with one attached hydrogen (secondary N) is 1. The highest BCUT2D eigenvalue weighted by Crippen LogP contribution is 2.30. The molecule has 1 aromatic heterocycles. The highest BCUT2D eigenvalue weighted by atomic mass is 19.2. The highest BCUT2D eigenvalue weighted by molar-refractivity contribution is 5.94. The fraction of sp³-hybridized carbons (Fsp3) is 0.0952. The molecule has 0 saturated carbocycles. The second kappa shape index (κ2) is 9.86. The predicted octanol–water partition coefficient (Wildman–Crippen LogP) is 4.13. The number of methoxy groups -OCH3 is 1. The third kappa shape index (κ3) is 4.82. The number of hydrogen-bond donors (Lipinski definition) is 1. The van der Waals surface area contributed by atoms with Crippen molar-refractivity contribution in [3.8, 4) is 11.5 Å². The molecule has 1 heterocycles. The molecular formula is C21H14F5N3O3. The Balaban J connectivity index is 1.77. The number of hydrazone groups is 1. The molecule has 0 spiro atoms. The van der Waals surface area contributed by atoms with E-state index in [4.69, 9.17) is 9.47 Å². The molecule has 32 heavy (non-hydrogen) atoms. The van der Waals surface area contributed by atoms with Gasteiger partial charge in [-0.3, -0.25) is 9.78 Å². The van der Waals surface area contributed by atoms with Crippen molar-refractivity contribution in [3.05, 3.63) is 88.5 Å². The quantitative estimate of drug-likeness (QED) is 0.193. The fourth-order valence-electron chi connectivity index (χ4n) is 2.58. The van der Waals surface area contributed by atoms with Gasteiger partial charge in [-0.2, -0.15) is 13.9 Å². The third-order valence-corrected chi connectivity index (χ3v) is 4.15. The van der Waals surface area contributed by atoms with Gasteiger partial charge in [0, 0.05) is 18.0 Å². The van der Waals surface area contributed by atoms with Crippen LogP contribution in [-0.4, -0.2) is 24.2 Å². The minimum atomic E-state index is -2.28. The second-order valence-electron chi connectivity index (χ2n) is 6.20. The van der Waals surface area contributed by atoms with E-state index in [-0.39, 0.29) is 16.9 Å². The number of hydrogen-bond acceptors (Lipinski definition) is 5. The summed E-state index contributed by atoms with van der Waals surface area (Å²) in [6.07, 6.45) is 4.14. The summed E-state index contributed by atoms with van der Waals surface area (Å²) >= 11 is 0. The monoisotopic (exact) mass is 451 g/mol. The molecule has 0 unspecified atom stereocenters. The summed E-state index contributed by atoms with van der Waals surface area (Å²) < 4.78 is 77.5. The lowest BCUT2D eigenvalue weighted by Gasteiger charge is -2.13. The Kier molecular flexibility index (Phi) is 6.98. The lowest BCUT2D eigenvalue weighted by molar-refractivity contribution is 0.0954. The maximum absolute atomic E-state index is 13.8. The average molecular weight is 451 g/mol. The summed E-state index contributed by atoms with van der Waals surface area (Å²) in [7, 11) is 1.32. The first-order valence-electron chi connectivity index (χ1n) is 8.88. The summed E-state index contributed by atoms with van der Waals surface area (Å²) in [6, 6.07) is 7.59. The third-order valence-electron chi connectivity index (χ3n) is 4.15. The van der Waals surface area contributed by atoms with Gasteiger partial charge in [0.15, 0.2) is 5.75 Å². The van der Waals surface area contributed by atoms with Crippen LogP contribution in [0.3, 0.4) is 0 Å². The van der Waals surface area contributed by atoms with E-state index in [0.29, 0.717) is 5.56 Å². The van der Waals surface area contributed by atoms with Crippen LogP contribution >= 0.6 is 0 Å². The Hall–Kier alpha value is -4.02. The van der Waals surface area contributed by atoms with Crippen molar-refractivity contribution >= 4 is 12.1 Å². The Bertz CT molecular complexity index is 1140. The summed E-state index contributed by atoms with van der Waals surface area (Å²) in [5, 5.41) is 3.80. The van der Waals surface area contributed by atoms with E-state index >= 15 is 0 Å². The number of amides is 1. The number of aromatic nitrogens is 1. The molecule has 0 aliphatic rings. The molecule has 0 aliphatic carbocycles. The van der Waals surface area contributed by atoms with Crippen molar-refractivity contribution in [1.82, 2.24) is 10.4 Å². The first kappa shape index (κ1) is 22.7. The van der Waals surface area contributed by atoms with Crippen LogP contribution in [0.25, 0.3) is 0 Å². The number of pyridine rings is 1. The lowest BCUT2D eigenvalue weighted by Crippen LogP contribution is -2.17. The van der Waals surface area contributed by atoms with Gasteiger partial charge >= 0.3 is 0 Å². The summed E-state index contributed by atoms with van der Waals surface area (Å²) in [6.45, 7) is -0.578. The molecule has 1 amide bonds. The van der Waals surface area contributed by atoms with E-state index in [1.54, 1.807) is 18.2 Å². The summed E-state index contributed by atoms with van der Waals surface area (Å²) in [5.74, 6) is -12.4. The summed E-state index contributed by atoms with van der Waals surface area (Å²) in [5.41, 5.74) is 3.23. The molecule has 0 aliphatic heterocycles. The zero-order chi connectivity index (χ0) is 23.3. The van der Waals surface area contributed by atoms with Gasteiger partial charge < -0.3 is 9.47 Å². The molecule has 3 aromatic rings. The lowest BCUT2D eigenvalue weighted by atomic mass is 10.1. The molecule has 3 rings (SSSR count).